The highest BCUT2D eigenvalue weighted by atomic mass is 28.4. The highest BCUT2D eigenvalue weighted by Crippen LogP contribution is 2.46. The van der Waals surface area contributed by atoms with Crippen LogP contribution in [0.3, 0.4) is 0 Å². The first kappa shape index (κ1) is 15.4. The van der Waals surface area contributed by atoms with Gasteiger partial charge < -0.3 is 4.80 Å². The average Bonchev–Trinajstić information content (AvgIpc) is 1.77. The third-order valence-corrected chi connectivity index (χ3v) is 18.0. The van der Waals surface area contributed by atoms with Gasteiger partial charge >= 0.3 is 0 Å². The van der Waals surface area contributed by atoms with E-state index in [1.807, 2.05) is 0 Å². The van der Waals surface area contributed by atoms with Crippen molar-refractivity contribution in [1.29, 1.82) is 0 Å². The molecule has 0 aromatic heterocycles. The Hall–Kier alpha value is 0.394. The van der Waals surface area contributed by atoms with Crippen LogP contribution in [0.2, 0.25) is 35.4 Å². The lowest BCUT2D eigenvalue weighted by atomic mass is 10.2. The van der Waals surface area contributed by atoms with Crippen LogP contribution in [0.1, 0.15) is 41.5 Å². The van der Waals surface area contributed by atoms with E-state index in [-0.39, 0.29) is 5.04 Å². The van der Waals surface area contributed by atoms with Gasteiger partial charge in [0.15, 0.2) is 8.32 Å². The van der Waals surface area contributed by atoms with Crippen molar-refractivity contribution in [1.82, 2.24) is 0 Å². The second kappa shape index (κ2) is 4.00. The molecule has 0 aromatic rings. The van der Waals surface area contributed by atoms with Crippen LogP contribution in [0, 0.1) is 0 Å². The quantitative estimate of drug-likeness (QED) is 0.716. The molecule has 3 heteroatoms. The van der Waals surface area contributed by atoms with Gasteiger partial charge in [-0.1, -0.05) is 54.6 Å². The first-order chi connectivity index (χ1) is 6.21. The molecule has 15 heavy (non-hydrogen) atoms. The van der Waals surface area contributed by atoms with E-state index in [4.69, 9.17) is 0 Å². The lowest BCUT2D eigenvalue weighted by Crippen LogP contribution is -2.51. The standard InChI is InChI=1S/C12H30OSi2/c1-11(2,3)14(7,8)10-15(9,13)12(4,5)6/h13H,10H2,1-9H3. The Morgan fingerprint density at radius 1 is 0.800 bits per heavy atom. The van der Waals surface area contributed by atoms with Crippen LogP contribution in [-0.2, 0) is 0 Å². The predicted octanol–water partition coefficient (Wildman–Crippen LogP) is 4.40. The molecule has 0 aliphatic heterocycles. The fourth-order valence-corrected chi connectivity index (χ4v) is 12.5. The van der Waals surface area contributed by atoms with Gasteiger partial charge in [-0.2, -0.15) is 0 Å². The Balaban J connectivity index is 4.89. The van der Waals surface area contributed by atoms with Gasteiger partial charge in [0.2, 0.25) is 0 Å². The van der Waals surface area contributed by atoms with Crippen molar-refractivity contribution >= 4 is 16.4 Å². The van der Waals surface area contributed by atoms with Crippen LogP contribution in [0.4, 0.5) is 0 Å². The third kappa shape index (κ3) is 3.72. The summed E-state index contributed by atoms with van der Waals surface area (Å²) in [6, 6.07) is 0. The SMILES string of the molecule is CC(C)(C)[Si](C)(C)C[Si](C)(O)C(C)(C)C. The maximum Gasteiger partial charge on any atom is 0.188 e. The maximum absolute atomic E-state index is 10.7. The fraction of sp³-hybridized carbons (Fsp3) is 1.00. The lowest BCUT2D eigenvalue weighted by molar-refractivity contribution is 0.481. The van der Waals surface area contributed by atoms with Crippen molar-refractivity contribution in [3.05, 3.63) is 0 Å². The largest absolute Gasteiger partial charge is 0.432 e. The molecule has 0 spiro atoms. The minimum atomic E-state index is -2.09. The third-order valence-electron chi connectivity index (χ3n) is 4.43. The highest BCUT2D eigenvalue weighted by Gasteiger charge is 2.47. The summed E-state index contributed by atoms with van der Waals surface area (Å²) in [6.45, 7) is 20.5. The molecular formula is C12H30OSi2. The molecule has 0 aromatic carbocycles. The first-order valence-electron chi connectivity index (χ1n) is 5.93. The topological polar surface area (TPSA) is 20.2 Å². The molecule has 92 valence electrons. The Kier molecular flexibility index (Phi) is 4.11. The Morgan fingerprint density at radius 3 is 1.33 bits per heavy atom. The molecule has 1 unspecified atom stereocenters. The van der Waals surface area contributed by atoms with Crippen LogP contribution in [0.15, 0.2) is 0 Å². The first-order valence-corrected chi connectivity index (χ1v) is 11.8. The summed E-state index contributed by atoms with van der Waals surface area (Å²) in [7, 11) is -3.43. The number of hydrogen-bond donors (Lipinski definition) is 1. The summed E-state index contributed by atoms with van der Waals surface area (Å²) >= 11 is 0. The maximum atomic E-state index is 10.7. The Morgan fingerprint density at radius 2 is 1.13 bits per heavy atom. The second-order valence-corrected chi connectivity index (χ2v) is 18.6. The van der Waals surface area contributed by atoms with E-state index in [9.17, 15) is 4.80 Å². The molecular weight excluding hydrogens is 216 g/mol. The molecule has 0 bridgehead atoms. The van der Waals surface area contributed by atoms with Gasteiger partial charge in [0.05, 0.1) is 8.07 Å². The zero-order valence-electron chi connectivity index (χ0n) is 12.2. The van der Waals surface area contributed by atoms with E-state index in [0.29, 0.717) is 5.04 Å². The van der Waals surface area contributed by atoms with Gasteiger partial charge in [-0.3, -0.25) is 0 Å². The van der Waals surface area contributed by atoms with Crippen molar-refractivity contribution in [2.75, 3.05) is 0 Å². The molecule has 0 amide bonds. The number of hydrogen-bond acceptors (Lipinski definition) is 1. The second-order valence-electron chi connectivity index (χ2n) is 7.83. The minimum Gasteiger partial charge on any atom is -0.432 e. The molecule has 0 aliphatic rings. The summed E-state index contributed by atoms with van der Waals surface area (Å²) in [6.07, 6.45) is 0. The Labute approximate surface area is 98.4 Å². The molecule has 0 heterocycles. The highest BCUT2D eigenvalue weighted by molar-refractivity contribution is 6.95. The Bertz CT molecular complexity index is 195. The average molecular weight is 247 g/mol. The van der Waals surface area contributed by atoms with Crippen LogP contribution < -0.4 is 0 Å². The zero-order valence-corrected chi connectivity index (χ0v) is 14.2. The minimum absolute atomic E-state index is 0.0997. The van der Waals surface area contributed by atoms with Gasteiger partial charge in [-0.25, -0.2) is 0 Å². The van der Waals surface area contributed by atoms with E-state index in [2.05, 4.69) is 61.2 Å². The molecule has 1 N–H and O–H groups in total. The normalized spacial score (nSPS) is 18.8. The molecule has 1 atom stereocenters. The predicted molar refractivity (Wildman–Crippen MR) is 75.6 cm³/mol. The van der Waals surface area contributed by atoms with Crippen molar-refractivity contribution in [3.8, 4) is 0 Å². The summed E-state index contributed by atoms with van der Waals surface area (Å²) in [4.78, 5) is 10.7. The summed E-state index contributed by atoms with van der Waals surface area (Å²) < 4.78 is 0. The summed E-state index contributed by atoms with van der Waals surface area (Å²) in [5.74, 6) is 0. The van der Waals surface area contributed by atoms with Gasteiger partial charge in [0.1, 0.15) is 0 Å². The molecule has 0 radical (unpaired) electrons. The van der Waals surface area contributed by atoms with E-state index in [0.717, 1.165) is 5.67 Å². The molecule has 0 aliphatic carbocycles. The zero-order chi connectivity index (χ0) is 12.7. The molecule has 1 nitrogen and oxygen atoms in total. The lowest BCUT2D eigenvalue weighted by Gasteiger charge is -2.45. The smallest absolute Gasteiger partial charge is 0.188 e. The van der Waals surface area contributed by atoms with E-state index < -0.39 is 16.4 Å². The van der Waals surface area contributed by atoms with E-state index in [1.54, 1.807) is 0 Å². The van der Waals surface area contributed by atoms with Gasteiger partial charge in [0.25, 0.3) is 0 Å². The van der Waals surface area contributed by atoms with Gasteiger partial charge in [-0.05, 0) is 22.3 Å². The van der Waals surface area contributed by atoms with Crippen LogP contribution in [0.25, 0.3) is 0 Å². The fourth-order valence-electron chi connectivity index (χ4n) is 1.39. The molecule has 0 saturated carbocycles. The molecule has 0 fully saturated rings. The monoisotopic (exact) mass is 246 g/mol. The van der Waals surface area contributed by atoms with Crippen molar-refractivity contribution < 1.29 is 4.80 Å². The summed E-state index contributed by atoms with van der Waals surface area (Å²) in [5, 5.41) is 0.484. The van der Waals surface area contributed by atoms with E-state index in [1.165, 1.54) is 0 Å². The van der Waals surface area contributed by atoms with Gasteiger partial charge in [-0.15, -0.1) is 0 Å². The van der Waals surface area contributed by atoms with Crippen molar-refractivity contribution in [2.45, 2.75) is 76.9 Å². The van der Waals surface area contributed by atoms with Crippen molar-refractivity contribution in [3.63, 3.8) is 0 Å². The van der Waals surface area contributed by atoms with Crippen LogP contribution in [-0.4, -0.2) is 21.2 Å². The molecule has 0 saturated heterocycles. The number of rotatable bonds is 2. The van der Waals surface area contributed by atoms with Gasteiger partial charge in [0, 0.05) is 0 Å². The van der Waals surface area contributed by atoms with Crippen molar-refractivity contribution in [2.24, 2.45) is 0 Å². The summed E-state index contributed by atoms with van der Waals surface area (Å²) in [5.41, 5.74) is 1.10. The van der Waals surface area contributed by atoms with Crippen LogP contribution >= 0.6 is 0 Å². The van der Waals surface area contributed by atoms with E-state index >= 15 is 0 Å². The molecule has 0 rings (SSSR count). The van der Waals surface area contributed by atoms with Crippen LogP contribution in [0.5, 0.6) is 0 Å².